The van der Waals surface area contributed by atoms with E-state index in [-0.39, 0.29) is 47.5 Å². The third-order valence-corrected chi connectivity index (χ3v) is 17.9. The Morgan fingerprint density at radius 3 is 0.714 bits per heavy atom. The van der Waals surface area contributed by atoms with E-state index < -0.39 is 20.2 Å². The largest absolute Gasteiger partial charge is 2.00 e. The number of hydrogen-bond donors (Lipinski definition) is 0. The molecule has 0 spiro atoms. The van der Waals surface area contributed by atoms with Crippen molar-refractivity contribution < 1.29 is 25.9 Å². The number of rotatable bonds is 46. The van der Waals surface area contributed by atoms with Crippen LogP contribution in [0, 0.1) is 0 Å². The van der Waals surface area contributed by atoms with Gasteiger partial charge in [-0.15, -0.1) is 0 Å². The van der Waals surface area contributed by atoms with E-state index in [4.69, 9.17) is 0 Å². The molecular weight excluding hydrogens is 1020 g/mol. The number of hydrogen-bond acceptors (Lipinski definition) is 6. The minimum atomic E-state index is -4.49. The summed E-state index contributed by atoms with van der Waals surface area (Å²) in [6.07, 6.45) is 54.5. The van der Waals surface area contributed by atoms with Crippen LogP contribution < -0.4 is 0 Å². The van der Waals surface area contributed by atoms with Gasteiger partial charge in [-0.3, -0.25) is 0 Å². The van der Waals surface area contributed by atoms with Crippen LogP contribution in [0.15, 0.2) is 70.5 Å². The first kappa shape index (κ1) is 71.6. The third kappa shape index (κ3) is 32.1. The molecule has 0 radical (unpaired) electrons. The molecule has 0 saturated carbocycles. The Morgan fingerprint density at radius 1 is 0.286 bits per heavy atom. The first-order valence-electron chi connectivity index (χ1n) is 31.9. The summed E-state index contributed by atoms with van der Waals surface area (Å²) < 4.78 is 72.5. The quantitative estimate of drug-likeness (QED) is 0.0247. The number of benzene rings is 4. The molecular formula is C68H110CaO6S2. The molecule has 0 saturated heterocycles. The van der Waals surface area contributed by atoms with Crippen molar-refractivity contribution in [3.8, 4) is 0 Å². The third-order valence-electron chi connectivity index (χ3n) is 16.0. The van der Waals surface area contributed by atoms with Crippen LogP contribution in [-0.2, 0) is 45.9 Å². The first-order chi connectivity index (χ1) is 36.9. The molecule has 0 aliphatic rings. The van der Waals surface area contributed by atoms with Gasteiger partial charge in [0, 0.05) is 0 Å². The number of fused-ring (bicyclic) bond motifs is 2. The van der Waals surface area contributed by atoms with E-state index in [1.807, 2.05) is 36.4 Å². The van der Waals surface area contributed by atoms with Gasteiger partial charge in [-0.05, 0) is 119 Å². The summed E-state index contributed by atoms with van der Waals surface area (Å²) in [5.41, 5.74) is 3.98. The van der Waals surface area contributed by atoms with Gasteiger partial charge in [-0.25, -0.2) is 16.8 Å². The van der Waals surface area contributed by atoms with Crippen molar-refractivity contribution in [1.82, 2.24) is 0 Å². The zero-order valence-corrected chi connectivity index (χ0v) is 53.7. The Balaban J connectivity index is 0.000000520. The fraction of sp³-hybridized carbons (Fsp3) is 0.706. The molecule has 0 aliphatic carbocycles. The van der Waals surface area contributed by atoms with Crippen LogP contribution in [-0.4, -0.2) is 63.7 Å². The van der Waals surface area contributed by atoms with Crippen molar-refractivity contribution in [3.05, 3.63) is 82.9 Å². The molecule has 6 nitrogen and oxygen atoms in total. The van der Waals surface area contributed by atoms with Gasteiger partial charge >= 0.3 is 37.7 Å². The summed E-state index contributed by atoms with van der Waals surface area (Å²) in [7, 11) is -8.98. The van der Waals surface area contributed by atoms with Gasteiger partial charge in [0.15, 0.2) is 0 Å². The minimum Gasteiger partial charge on any atom is -0.744 e. The summed E-state index contributed by atoms with van der Waals surface area (Å²) in [5.74, 6) is 0. The second-order valence-electron chi connectivity index (χ2n) is 22.8. The van der Waals surface area contributed by atoms with E-state index in [0.29, 0.717) is 24.0 Å². The van der Waals surface area contributed by atoms with Gasteiger partial charge in [0.2, 0.25) is 0 Å². The maximum absolute atomic E-state index is 12.1. The second kappa shape index (κ2) is 45.1. The SMILES string of the molecule is CCCCCCCCCCCCc1cc2c(CCCCCCCCCCCC)cccc2cc1S(=O)(=O)[O-].CCCCCCCCCCCCc1cc2c(CCCCCCCCCCCC)cccc2cc1S(=O)(=O)[O-].[Ca+2]. The summed E-state index contributed by atoms with van der Waals surface area (Å²) >= 11 is 0. The van der Waals surface area contributed by atoms with E-state index in [0.717, 1.165) is 72.9 Å². The number of aryl methyl sites for hydroxylation is 4. The Morgan fingerprint density at radius 2 is 0.494 bits per heavy atom. The molecule has 77 heavy (non-hydrogen) atoms. The molecule has 0 amide bonds. The van der Waals surface area contributed by atoms with Gasteiger partial charge in [-0.2, -0.15) is 0 Å². The summed E-state index contributed by atoms with van der Waals surface area (Å²) in [5, 5.41) is 3.99. The standard InChI is InChI=1S/2C34H56O3S.Ca/c2*1-3-5-7-9-11-13-15-17-19-21-24-30-26-23-27-31-29-34(38(35,36)37)32(28-33(30)31)25-22-20-18-16-14-12-10-8-6-4-2;/h2*23,26-29H,3-22,24-25H2,1-2H3,(H,35,36,37);/q;;+2/p-2. The molecule has 0 N–H and O–H groups in total. The van der Waals surface area contributed by atoms with Crippen LogP contribution >= 0.6 is 0 Å². The van der Waals surface area contributed by atoms with Gasteiger partial charge in [-0.1, -0.05) is 295 Å². The van der Waals surface area contributed by atoms with Gasteiger partial charge in [0.1, 0.15) is 20.2 Å². The molecule has 0 unspecified atom stereocenters. The summed E-state index contributed by atoms with van der Waals surface area (Å²) in [4.78, 5) is -0.0333. The van der Waals surface area contributed by atoms with Crippen molar-refractivity contribution in [2.24, 2.45) is 0 Å². The molecule has 4 aromatic carbocycles. The monoisotopic (exact) mass is 1130 g/mol. The summed E-state index contributed by atoms with van der Waals surface area (Å²) in [6.45, 7) is 9.03. The topological polar surface area (TPSA) is 114 Å². The van der Waals surface area contributed by atoms with E-state index in [9.17, 15) is 25.9 Å². The predicted molar refractivity (Wildman–Crippen MR) is 332 cm³/mol. The first-order valence-corrected chi connectivity index (χ1v) is 34.8. The van der Waals surface area contributed by atoms with Crippen molar-refractivity contribution in [3.63, 3.8) is 0 Å². The molecule has 0 fully saturated rings. The maximum Gasteiger partial charge on any atom is 2.00 e. The fourth-order valence-electron chi connectivity index (χ4n) is 11.3. The molecule has 0 aliphatic heterocycles. The average Bonchev–Trinajstić information content (AvgIpc) is 3.41. The summed E-state index contributed by atoms with van der Waals surface area (Å²) in [6, 6.07) is 19.5. The van der Waals surface area contributed by atoms with E-state index in [1.165, 1.54) is 229 Å². The van der Waals surface area contributed by atoms with Crippen LogP contribution in [0.5, 0.6) is 0 Å². The van der Waals surface area contributed by atoms with Crippen molar-refractivity contribution in [2.75, 3.05) is 0 Å². The molecule has 4 rings (SSSR count). The Labute approximate surface area is 504 Å². The van der Waals surface area contributed by atoms with Crippen molar-refractivity contribution in [2.45, 2.75) is 320 Å². The Hall–Kier alpha value is -1.52. The zero-order chi connectivity index (χ0) is 55.0. The molecule has 9 heteroatoms. The van der Waals surface area contributed by atoms with Crippen molar-refractivity contribution >= 4 is 79.5 Å². The van der Waals surface area contributed by atoms with Gasteiger partial charge in [0.05, 0.1) is 9.79 Å². The smallest absolute Gasteiger partial charge is 0.744 e. The van der Waals surface area contributed by atoms with E-state index in [1.54, 1.807) is 12.1 Å². The van der Waals surface area contributed by atoms with Gasteiger partial charge in [0.25, 0.3) is 0 Å². The second-order valence-corrected chi connectivity index (χ2v) is 25.5. The number of unbranched alkanes of at least 4 members (excludes halogenated alkanes) is 36. The molecule has 0 aromatic heterocycles. The van der Waals surface area contributed by atoms with Crippen LogP contribution in [0.4, 0.5) is 0 Å². The van der Waals surface area contributed by atoms with Crippen LogP contribution in [0.25, 0.3) is 21.5 Å². The maximum atomic E-state index is 12.1. The van der Waals surface area contributed by atoms with Crippen LogP contribution in [0.3, 0.4) is 0 Å². The molecule has 0 heterocycles. The van der Waals surface area contributed by atoms with E-state index in [2.05, 4.69) is 39.8 Å². The average molecular weight is 1130 g/mol. The van der Waals surface area contributed by atoms with Crippen LogP contribution in [0.2, 0.25) is 0 Å². The van der Waals surface area contributed by atoms with Crippen molar-refractivity contribution in [1.29, 1.82) is 0 Å². The Kier molecular flexibility index (Phi) is 41.9. The minimum absolute atomic E-state index is 0. The molecule has 0 bridgehead atoms. The molecule has 432 valence electrons. The van der Waals surface area contributed by atoms with E-state index >= 15 is 0 Å². The molecule has 0 atom stereocenters. The predicted octanol–water partition coefficient (Wildman–Crippen LogP) is 21.0. The fourth-order valence-corrected chi connectivity index (χ4v) is 12.8. The van der Waals surface area contributed by atoms with Gasteiger partial charge < -0.3 is 9.11 Å². The van der Waals surface area contributed by atoms with Crippen LogP contribution in [0.1, 0.15) is 307 Å². The molecule has 4 aromatic rings. The Bertz CT molecular complexity index is 2160. The zero-order valence-electron chi connectivity index (χ0n) is 49.9. The normalized spacial score (nSPS) is 11.8.